The van der Waals surface area contributed by atoms with Crippen LogP contribution in [-0.4, -0.2) is 34.8 Å². The Hall–Kier alpha value is -3.35. The SMILES string of the molecule is CC(C)(C)OC(=O)[C@H](CCC(=O)O)NC(=O)OCc1cccc2c1Cc1ccccc1-2. The normalized spacial score (nSPS) is 13.0. The number of amides is 1. The molecule has 2 aromatic rings. The van der Waals surface area contributed by atoms with Crippen molar-refractivity contribution >= 4 is 18.0 Å². The van der Waals surface area contributed by atoms with Crippen molar-refractivity contribution in [3.8, 4) is 11.1 Å². The van der Waals surface area contributed by atoms with Gasteiger partial charge in [-0.15, -0.1) is 0 Å². The van der Waals surface area contributed by atoms with Crippen molar-refractivity contribution in [2.45, 2.75) is 58.3 Å². The number of fused-ring (bicyclic) bond motifs is 3. The van der Waals surface area contributed by atoms with E-state index in [9.17, 15) is 14.4 Å². The first-order chi connectivity index (χ1) is 14.6. The Morgan fingerprint density at radius 3 is 2.48 bits per heavy atom. The number of carbonyl (C=O) groups is 3. The van der Waals surface area contributed by atoms with Crippen molar-refractivity contribution < 1.29 is 29.0 Å². The van der Waals surface area contributed by atoms with Crippen LogP contribution in [0.15, 0.2) is 42.5 Å². The molecule has 1 aliphatic carbocycles. The molecule has 0 unspecified atom stereocenters. The van der Waals surface area contributed by atoms with Gasteiger partial charge in [0.1, 0.15) is 18.2 Å². The summed E-state index contributed by atoms with van der Waals surface area (Å²) in [6.07, 6.45) is -0.398. The van der Waals surface area contributed by atoms with E-state index in [2.05, 4.69) is 23.5 Å². The number of hydrogen-bond donors (Lipinski definition) is 2. The fourth-order valence-electron chi connectivity index (χ4n) is 3.58. The Labute approximate surface area is 181 Å². The number of alkyl carbamates (subject to hydrolysis) is 1. The third-order valence-electron chi connectivity index (χ3n) is 4.94. The Kier molecular flexibility index (Phi) is 6.63. The molecule has 0 heterocycles. The molecule has 2 aromatic carbocycles. The maximum Gasteiger partial charge on any atom is 0.408 e. The predicted molar refractivity (Wildman–Crippen MR) is 115 cm³/mol. The van der Waals surface area contributed by atoms with Crippen LogP contribution >= 0.6 is 0 Å². The van der Waals surface area contributed by atoms with Gasteiger partial charge in [-0.1, -0.05) is 42.5 Å². The van der Waals surface area contributed by atoms with Gasteiger partial charge in [-0.2, -0.15) is 0 Å². The van der Waals surface area contributed by atoms with Crippen LogP contribution in [0.25, 0.3) is 11.1 Å². The van der Waals surface area contributed by atoms with Crippen molar-refractivity contribution in [1.82, 2.24) is 5.32 Å². The van der Waals surface area contributed by atoms with Gasteiger partial charge in [-0.25, -0.2) is 9.59 Å². The summed E-state index contributed by atoms with van der Waals surface area (Å²) in [4.78, 5) is 35.7. The first-order valence-corrected chi connectivity index (χ1v) is 10.2. The molecular formula is C24H27NO6. The number of hydrogen-bond acceptors (Lipinski definition) is 5. The van der Waals surface area contributed by atoms with Crippen molar-refractivity contribution in [2.24, 2.45) is 0 Å². The number of carbonyl (C=O) groups excluding carboxylic acids is 2. The first kappa shape index (κ1) is 22.3. The molecule has 0 saturated carbocycles. The van der Waals surface area contributed by atoms with Crippen LogP contribution in [-0.2, 0) is 32.1 Å². The number of ether oxygens (including phenoxy) is 2. The molecule has 0 bridgehead atoms. The van der Waals surface area contributed by atoms with E-state index in [-0.39, 0.29) is 19.4 Å². The number of aliphatic carboxylic acids is 1. The third kappa shape index (κ3) is 5.84. The molecule has 164 valence electrons. The standard InChI is InChI=1S/C24H27NO6/c1-24(2,3)31-22(28)20(11-12-21(26)27)25-23(29)30-14-16-8-6-10-18-17-9-5-4-7-15(17)13-19(16)18/h4-10,20H,11-14H2,1-3H3,(H,25,29)(H,26,27)/t20-/m0/s1. The van der Waals surface area contributed by atoms with Gasteiger partial charge in [0.2, 0.25) is 0 Å². The lowest BCUT2D eigenvalue weighted by molar-refractivity contribution is -0.157. The zero-order valence-electron chi connectivity index (χ0n) is 17.9. The third-order valence-corrected chi connectivity index (χ3v) is 4.94. The van der Waals surface area contributed by atoms with E-state index in [0.717, 1.165) is 23.1 Å². The van der Waals surface area contributed by atoms with Crippen LogP contribution < -0.4 is 5.32 Å². The van der Waals surface area contributed by atoms with Gasteiger partial charge < -0.3 is 19.9 Å². The van der Waals surface area contributed by atoms with E-state index in [4.69, 9.17) is 14.6 Å². The van der Waals surface area contributed by atoms with Gasteiger partial charge in [-0.3, -0.25) is 4.79 Å². The zero-order chi connectivity index (χ0) is 22.6. The van der Waals surface area contributed by atoms with Crippen LogP contribution in [0.2, 0.25) is 0 Å². The molecule has 0 aliphatic heterocycles. The monoisotopic (exact) mass is 425 g/mol. The second-order valence-corrected chi connectivity index (χ2v) is 8.52. The Bertz CT molecular complexity index is 992. The van der Waals surface area contributed by atoms with Gasteiger partial charge in [-0.05, 0) is 61.4 Å². The van der Waals surface area contributed by atoms with Gasteiger partial charge >= 0.3 is 18.0 Å². The van der Waals surface area contributed by atoms with Gasteiger partial charge in [0, 0.05) is 6.42 Å². The average Bonchev–Trinajstić information content (AvgIpc) is 3.07. The second kappa shape index (κ2) is 9.20. The Balaban J connectivity index is 1.64. The molecule has 0 radical (unpaired) electrons. The zero-order valence-corrected chi connectivity index (χ0v) is 17.9. The van der Waals surface area contributed by atoms with Crippen molar-refractivity contribution in [2.75, 3.05) is 0 Å². The van der Waals surface area contributed by atoms with Gasteiger partial charge in [0.05, 0.1) is 0 Å². The molecule has 0 spiro atoms. The summed E-state index contributed by atoms with van der Waals surface area (Å²) in [5, 5.41) is 11.4. The molecule has 31 heavy (non-hydrogen) atoms. The lowest BCUT2D eigenvalue weighted by Gasteiger charge is -2.24. The molecule has 7 nitrogen and oxygen atoms in total. The minimum absolute atomic E-state index is 0.0446. The highest BCUT2D eigenvalue weighted by atomic mass is 16.6. The second-order valence-electron chi connectivity index (χ2n) is 8.52. The van der Waals surface area contributed by atoms with Gasteiger partial charge in [0.15, 0.2) is 0 Å². The Morgan fingerprint density at radius 2 is 1.77 bits per heavy atom. The fourth-order valence-corrected chi connectivity index (χ4v) is 3.58. The largest absolute Gasteiger partial charge is 0.481 e. The highest BCUT2D eigenvalue weighted by molar-refractivity contribution is 5.82. The van der Waals surface area contributed by atoms with E-state index in [1.807, 2.05) is 24.3 Å². The molecule has 3 rings (SSSR count). The first-order valence-electron chi connectivity index (χ1n) is 10.2. The molecule has 0 saturated heterocycles. The topological polar surface area (TPSA) is 102 Å². The Morgan fingerprint density at radius 1 is 1.06 bits per heavy atom. The number of rotatable bonds is 7. The lowest BCUT2D eigenvalue weighted by atomic mass is 10.0. The molecule has 1 atom stereocenters. The number of esters is 1. The highest BCUT2D eigenvalue weighted by Crippen LogP contribution is 2.38. The fraction of sp³-hybridized carbons (Fsp3) is 0.375. The van der Waals surface area contributed by atoms with Crippen LogP contribution in [0.5, 0.6) is 0 Å². The number of carboxylic acids is 1. The predicted octanol–water partition coefficient (Wildman–Crippen LogP) is 4.06. The summed E-state index contributed by atoms with van der Waals surface area (Å²) < 4.78 is 10.7. The van der Waals surface area contributed by atoms with E-state index >= 15 is 0 Å². The number of benzene rings is 2. The summed E-state index contributed by atoms with van der Waals surface area (Å²) in [5.74, 6) is -1.76. The van der Waals surface area contributed by atoms with Crippen molar-refractivity contribution in [3.05, 3.63) is 59.2 Å². The molecule has 0 aromatic heterocycles. The van der Waals surface area contributed by atoms with Gasteiger partial charge in [0.25, 0.3) is 0 Å². The molecule has 1 aliphatic rings. The summed E-state index contributed by atoms with van der Waals surface area (Å²) in [6.45, 7) is 5.14. The summed E-state index contributed by atoms with van der Waals surface area (Å²) in [5.41, 5.74) is 4.79. The van der Waals surface area contributed by atoms with Crippen LogP contribution in [0.4, 0.5) is 4.79 Å². The molecule has 1 amide bonds. The maximum atomic E-state index is 12.4. The van der Waals surface area contributed by atoms with E-state index < -0.39 is 29.7 Å². The average molecular weight is 425 g/mol. The number of nitrogens with one attached hydrogen (secondary N) is 1. The van der Waals surface area contributed by atoms with Crippen molar-refractivity contribution in [3.63, 3.8) is 0 Å². The smallest absolute Gasteiger partial charge is 0.408 e. The summed E-state index contributed by atoms with van der Waals surface area (Å²) >= 11 is 0. The molecule has 7 heteroatoms. The van der Waals surface area contributed by atoms with E-state index in [1.165, 1.54) is 11.1 Å². The highest BCUT2D eigenvalue weighted by Gasteiger charge is 2.28. The number of carboxylic acid groups (broad SMARTS) is 1. The quantitative estimate of drug-likeness (QED) is 0.554. The summed E-state index contributed by atoms with van der Waals surface area (Å²) in [7, 11) is 0. The minimum Gasteiger partial charge on any atom is -0.481 e. The maximum absolute atomic E-state index is 12.4. The molecule has 2 N–H and O–H groups in total. The van der Waals surface area contributed by atoms with Crippen LogP contribution in [0.1, 0.15) is 50.3 Å². The van der Waals surface area contributed by atoms with Crippen LogP contribution in [0.3, 0.4) is 0 Å². The minimum atomic E-state index is -1.10. The van der Waals surface area contributed by atoms with E-state index in [1.54, 1.807) is 20.8 Å². The van der Waals surface area contributed by atoms with Crippen molar-refractivity contribution in [1.29, 1.82) is 0 Å². The lowest BCUT2D eigenvalue weighted by Crippen LogP contribution is -2.44. The van der Waals surface area contributed by atoms with E-state index in [0.29, 0.717) is 0 Å². The summed E-state index contributed by atoms with van der Waals surface area (Å²) in [6, 6.07) is 12.9. The molecule has 0 fully saturated rings. The molecular weight excluding hydrogens is 398 g/mol. The van der Waals surface area contributed by atoms with Crippen LogP contribution in [0, 0.1) is 0 Å².